The molecule has 114 valence electrons. The smallest absolute Gasteiger partial charge is 0.0759 e. The largest absolute Gasteiger partial charge is 0.389 e. The van der Waals surface area contributed by atoms with Crippen molar-refractivity contribution in [3.8, 4) is 0 Å². The van der Waals surface area contributed by atoms with Gasteiger partial charge in [0.05, 0.1) is 5.60 Å². The molecule has 1 aromatic rings. The first kappa shape index (κ1) is 13.8. The summed E-state index contributed by atoms with van der Waals surface area (Å²) in [4.78, 5) is 0. The maximum atomic E-state index is 11.6. The average Bonchev–Trinajstić information content (AvgIpc) is 3.28. The van der Waals surface area contributed by atoms with Crippen molar-refractivity contribution in [1.29, 1.82) is 0 Å². The minimum absolute atomic E-state index is 0.197. The molecule has 0 aliphatic heterocycles. The van der Waals surface area contributed by atoms with Crippen LogP contribution in [0.3, 0.4) is 0 Å². The molecule has 2 heteroatoms. The molecule has 0 radical (unpaired) electrons. The van der Waals surface area contributed by atoms with E-state index >= 15 is 0 Å². The van der Waals surface area contributed by atoms with Crippen molar-refractivity contribution in [3.63, 3.8) is 0 Å². The van der Waals surface area contributed by atoms with Gasteiger partial charge in [0.15, 0.2) is 0 Å². The summed E-state index contributed by atoms with van der Waals surface area (Å²) in [6, 6.07) is 8.66. The number of fused-ring (bicyclic) bond motifs is 1. The van der Waals surface area contributed by atoms with Crippen molar-refractivity contribution >= 4 is 0 Å². The van der Waals surface area contributed by atoms with E-state index in [2.05, 4.69) is 24.3 Å². The zero-order valence-electron chi connectivity index (χ0n) is 12.9. The van der Waals surface area contributed by atoms with E-state index in [1.807, 2.05) is 0 Å². The Kier molecular flexibility index (Phi) is 3.16. The van der Waals surface area contributed by atoms with Crippen LogP contribution in [0.15, 0.2) is 24.3 Å². The number of rotatable bonds is 3. The van der Waals surface area contributed by atoms with Crippen molar-refractivity contribution in [3.05, 3.63) is 35.4 Å². The zero-order valence-corrected chi connectivity index (χ0v) is 12.9. The normalized spacial score (nSPS) is 39.2. The van der Waals surface area contributed by atoms with Gasteiger partial charge in [-0.25, -0.2) is 0 Å². The number of aryl methyl sites for hydroxylation is 1. The van der Waals surface area contributed by atoms with E-state index in [-0.39, 0.29) is 5.41 Å². The van der Waals surface area contributed by atoms with Crippen molar-refractivity contribution in [2.45, 2.75) is 62.4 Å². The fourth-order valence-electron chi connectivity index (χ4n) is 5.27. The maximum absolute atomic E-state index is 11.6. The summed E-state index contributed by atoms with van der Waals surface area (Å²) in [7, 11) is 0. The molecule has 3 N–H and O–H groups in total. The second kappa shape index (κ2) is 4.82. The Hall–Kier alpha value is -0.860. The summed E-state index contributed by atoms with van der Waals surface area (Å²) in [6.45, 7) is 0.581. The molecular formula is C19H27NO. The summed E-state index contributed by atoms with van der Waals surface area (Å²) in [5.41, 5.74) is 8.24. The molecule has 0 heterocycles. The Morgan fingerprint density at radius 3 is 2.67 bits per heavy atom. The van der Waals surface area contributed by atoms with E-state index in [0.717, 1.165) is 37.5 Å². The first-order valence-corrected chi connectivity index (χ1v) is 8.69. The molecule has 0 bridgehead atoms. The SMILES string of the molecule is NCC1(C2(O)CCCC(C3CC3)C2)CCc2ccccc21. The molecule has 3 aliphatic carbocycles. The van der Waals surface area contributed by atoms with E-state index in [4.69, 9.17) is 5.73 Å². The lowest BCUT2D eigenvalue weighted by molar-refractivity contribution is -0.0833. The minimum Gasteiger partial charge on any atom is -0.389 e. The van der Waals surface area contributed by atoms with Gasteiger partial charge in [0.25, 0.3) is 0 Å². The molecular weight excluding hydrogens is 258 g/mol. The second-order valence-electron chi connectivity index (χ2n) is 7.67. The third-order valence-electron chi connectivity index (χ3n) is 6.65. The predicted molar refractivity (Wildman–Crippen MR) is 85.1 cm³/mol. The van der Waals surface area contributed by atoms with Crippen LogP contribution in [0.25, 0.3) is 0 Å². The first-order chi connectivity index (χ1) is 10.2. The standard InChI is InChI=1S/C19H27NO/c20-13-18(11-9-15-4-1-2-6-17(15)18)19(21)10-3-5-16(12-19)14-7-8-14/h1-2,4,6,14,16,21H,3,5,7-13,20H2. The Balaban J connectivity index is 1.72. The van der Waals surface area contributed by atoms with Gasteiger partial charge in [-0.05, 0) is 67.9 Å². The fraction of sp³-hybridized carbons (Fsp3) is 0.684. The van der Waals surface area contributed by atoms with E-state index in [0.29, 0.717) is 6.54 Å². The molecule has 21 heavy (non-hydrogen) atoms. The van der Waals surface area contributed by atoms with Crippen LogP contribution in [-0.2, 0) is 11.8 Å². The van der Waals surface area contributed by atoms with Gasteiger partial charge >= 0.3 is 0 Å². The van der Waals surface area contributed by atoms with Crippen molar-refractivity contribution in [1.82, 2.24) is 0 Å². The third kappa shape index (κ3) is 1.99. The average molecular weight is 285 g/mol. The molecule has 2 nitrogen and oxygen atoms in total. The van der Waals surface area contributed by atoms with Crippen molar-refractivity contribution in [2.75, 3.05) is 6.54 Å². The second-order valence-corrected chi connectivity index (χ2v) is 7.67. The predicted octanol–water partition coefficient (Wildman–Crippen LogP) is 3.16. The lowest BCUT2D eigenvalue weighted by Gasteiger charge is -2.50. The van der Waals surface area contributed by atoms with Gasteiger partial charge in [0.2, 0.25) is 0 Å². The highest BCUT2D eigenvalue weighted by Gasteiger charge is 2.56. The Labute approximate surface area is 127 Å². The third-order valence-corrected chi connectivity index (χ3v) is 6.65. The summed E-state index contributed by atoms with van der Waals surface area (Å²) in [5, 5.41) is 11.6. The molecule has 0 spiro atoms. The summed E-state index contributed by atoms with van der Waals surface area (Å²) < 4.78 is 0. The Bertz CT molecular complexity index is 538. The van der Waals surface area contributed by atoms with Crippen LogP contribution in [0.5, 0.6) is 0 Å². The molecule has 0 amide bonds. The summed E-state index contributed by atoms with van der Waals surface area (Å²) >= 11 is 0. The fourth-order valence-corrected chi connectivity index (χ4v) is 5.27. The number of hydrogen-bond acceptors (Lipinski definition) is 2. The number of aliphatic hydroxyl groups is 1. The van der Waals surface area contributed by atoms with Gasteiger partial charge < -0.3 is 10.8 Å². The van der Waals surface area contributed by atoms with Crippen LogP contribution in [0.1, 0.15) is 56.1 Å². The lowest BCUT2D eigenvalue weighted by Crippen LogP contribution is -2.57. The van der Waals surface area contributed by atoms with Crippen LogP contribution in [0.2, 0.25) is 0 Å². The Morgan fingerprint density at radius 2 is 1.90 bits per heavy atom. The molecule has 3 unspecified atom stereocenters. The monoisotopic (exact) mass is 285 g/mol. The van der Waals surface area contributed by atoms with Crippen LogP contribution >= 0.6 is 0 Å². The highest BCUT2D eigenvalue weighted by Crippen LogP contribution is 2.55. The number of nitrogens with two attached hydrogens (primary N) is 1. The van der Waals surface area contributed by atoms with Crippen LogP contribution in [-0.4, -0.2) is 17.3 Å². The van der Waals surface area contributed by atoms with Gasteiger partial charge in [-0.1, -0.05) is 30.7 Å². The Morgan fingerprint density at radius 1 is 1.10 bits per heavy atom. The minimum atomic E-state index is -0.583. The number of hydrogen-bond donors (Lipinski definition) is 2. The molecule has 2 fully saturated rings. The van der Waals surface area contributed by atoms with E-state index < -0.39 is 5.60 Å². The molecule has 3 atom stereocenters. The topological polar surface area (TPSA) is 46.2 Å². The van der Waals surface area contributed by atoms with E-state index in [1.165, 1.54) is 36.8 Å². The highest BCUT2D eigenvalue weighted by atomic mass is 16.3. The lowest BCUT2D eigenvalue weighted by atomic mass is 9.59. The van der Waals surface area contributed by atoms with Gasteiger partial charge in [-0.15, -0.1) is 0 Å². The molecule has 0 saturated heterocycles. The molecule has 2 saturated carbocycles. The molecule has 0 aromatic heterocycles. The van der Waals surface area contributed by atoms with Crippen LogP contribution in [0, 0.1) is 11.8 Å². The summed E-state index contributed by atoms with van der Waals surface area (Å²) in [5.74, 6) is 1.63. The van der Waals surface area contributed by atoms with Gasteiger partial charge in [-0.2, -0.15) is 0 Å². The summed E-state index contributed by atoms with van der Waals surface area (Å²) in [6.07, 6.45) is 9.25. The van der Waals surface area contributed by atoms with E-state index in [1.54, 1.807) is 0 Å². The van der Waals surface area contributed by atoms with Gasteiger partial charge in [0, 0.05) is 12.0 Å². The van der Waals surface area contributed by atoms with Gasteiger partial charge in [0.1, 0.15) is 0 Å². The molecule has 3 aliphatic rings. The highest BCUT2D eigenvalue weighted by molar-refractivity contribution is 5.43. The van der Waals surface area contributed by atoms with E-state index in [9.17, 15) is 5.11 Å². The van der Waals surface area contributed by atoms with Crippen LogP contribution < -0.4 is 5.73 Å². The number of benzene rings is 1. The first-order valence-electron chi connectivity index (χ1n) is 8.69. The van der Waals surface area contributed by atoms with Crippen molar-refractivity contribution in [2.24, 2.45) is 17.6 Å². The molecule has 4 rings (SSSR count). The maximum Gasteiger partial charge on any atom is 0.0759 e. The molecule has 1 aromatic carbocycles. The van der Waals surface area contributed by atoms with Crippen LogP contribution in [0.4, 0.5) is 0 Å². The zero-order chi connectivity index (χ0) is 14.5. The quantitative estimate of drug-likeness (QED) is 0.896. The van der Waals surface area contributed by atoms with Gasteiger partial charge in [-0.3, -0.25) is 0 Å². The van der Waals surface area contributed by atoms with Crippen molar-refractivity contribution < 1.29 is 5.11 Å².